The van der Waals surface area contributed by atoms with Gasteiger partial charge in [0.05, 0.1) is 5.75 Å². The molecule has 0 aliphatic heterocycles. The van der Waals surface area contributed by atoms with Crippen LogP contribution in [-0.2, 0) is 11.3 Å². The van der Waals surface area contributed by atoms with Crippen LogP contribution in [-0.4, -0.2) is 26.4 Å². The van der Waals surface area contributed by atoms with E-state index < -0.39 is 0 Å². The molecule has 5 nitrogen and oxygen atoms in total. The number of hydrogen-bond acceptors (Lipinski definition) is 4. The fourth-order valence-corrected chi connectivity index (χ4v) is 3.84. The Morgan fingerprint density at radius 3 is 2.65 bits per heavy atom. The number of rotatable bonds is 6. The molecule has 0 spiro atoms. The van der Waals surface area contributed by atoms with Crippen LogP contribution < -0.4 is 5.32 Å². The standard InChI is InChI=1S/C19H19BrN4OS/c1-3-24-18(14-7-5-4-6-8-14)22-23-19(24)26-12-17(25)21-16-10-9-15(20)11-13(16)2/h4-11H,3,12H2,1-2H3,(H,21,25). The molecule has 0 aliphatic rings. The summed E-state index contributed by atoms with van der Waals surface area (Å²) in [7, 11) is 0. The Bertz CT molecular complexity index is 911. The van der Waals surface area contributed by atoms with Crippen LogP contribution in [0.2, 0.25) is 0 Å². The summed E-state index contributed by atoms with van der Waals surface area (Å²) in [6, 6.07) is 15.7. The van der Waals surface area contributed by atoms with Crippen molar-refractivity contribution in [1.29, 1.82) is 0 Å². The molecule has 0 radical (unpaired) electrons. The highest BCUT2D eigenvalue weighted by Gasteiger charge is 2.14. The topological polar surface area (TPSA) is 59.8 Å². The Kier molecular flexibility index (Phi) is 6.11. The maximum absolute atomic E-state index is 12.3. The van der Waals surface area contributed by atoms with Gasteiger partial charge in [0.1, 0.15) is 0 Å². The summed E-state index contributed by atoms with van der Waals surface area (Å²) < 4.78 is 3.02. The Morgan fingerprint density at radius 2 is 1.96 bits per heavy atom. The van der Waals surface area contributed by atoms with E-state index >= 15 is 0 Å². The minimum absolute atomic E-state index is 0.0627. The van der Waals surface area contributed by atoms with Gasteiger partial charge in [-0.2, -0.15) is 0 Å². The number of aryl methyl sites for hydroxylation is 1. The molecular formula is C19H19BrN4OS. The van der Waals surface area contributed by atoms with Crippen LogP contribution in [0.25, 0.3) is 11.4 Å². The molecule has 1 amide bonds. The lowest BCUT2D eigenvalue weighted by Gasteiger charge is -2.09. The zero-order valence-corrected chi connectivity index (χ0v) is 17.0. The number of thioether (sulfide) groups is 1. The predicted octanol–water partition coefficient (Wildman–Crippen LogP) is 4.77. The summed E-state index contributed by atoms with van der Waals surface area (Å²) in [5, 5.41) is 12.2. The van der Waals surface area contributed by atoms with Gasteiger partial charge in [-0.1, -0.05) is 58.0 Å². The van der Waals surface area contributed by atoms with Gasteiger partial charge in [-0.25, -0.2) is 0 Å². The number of nitrogens with zero attached hydrogens (tertiary/aromatic N) is 3. The first-order chi connectivity index (χ1) is 12.6. The summed E-state index contributed by atoms with van der Waals surface area (Å²) in [6.07, 6.45) is 0. The number of carbonyl (C=O) groups is 1. The molecule has 3 aromatic rings. The van der Waals surface area contributed by atoms with E-state index in [9.17, 15) is 4.79 Å². The summed E-state index contributed by atoms with van der Waals surface area (Å²) in [6.45, 7) is 4.76. The lowest BCUT2D eigenvalue weighted by atomic mass is 10.2. The van der Waals surface area contributed by atoms with Crippen molar-refractivity contribution < 1.29 is 4.79 Å². The lowest BCUT2D eigenvalue weighted by Crippen LogP contribution is -2.15. The van der Waals surface area contributed by atoms with Gasteiger partial charge >= 0.3 is 0 Å². The molecule has 0 saturated carbocycles. The molecule has 0 aliphatic carbocycles. The molecule has 1 N–H and O–H groups in total. The van der Waals surface area contributed by atoms with Gasteiger partial charge in [-0.15, -0.1) is 10.2 Å². The van der Waals surface area contributed by atoms with E-state index in [1.165, 1.54) is 11.8 Å². The molecule has 0 bridgehead atoms. The van der Waals surface area contributed by atoms with Crippen molar-refractivity contribution >= 4 is 39.3 Å². The minimum atomic E-state index is -0.0627. The zero-order valence-electron chi connectivity index (χ0n) is 14.6. The minimum Gasteiger partial charge on any atom is -0.325 e. The number of carbonyl (C=O) groups excluding carboxylic acids is 1. The summed E-state index contributed by atoms with van der Waals surface area (Å²) in [5.74, 6) is 1.04. The van der Waals surface area contributed by atoms with E-state index in [1.807, 2.05) is 66.9 Å². The molecule has 1 heterocycles. The second-order valence-corrected chi connectivity index (χ2v) is 7.57. The molecule has 3 rings (SSSR count). The second kappa shape index (κ2) is 8.51. The first-order valence-electron chi connectivity index (χ1n) is 8.26. The van der Waals surface area contributed by atoms with E-state index in [-0.39, 0.29) is 11.7 Å². The number of hydrogen-bond donors (Lipinski definition) is 1. The fourth-order valence-electron chi connectivity index (χ4n) is 2.57. The van der Waals surface area contributed by atoms with Gasteiger partial charge in [0.2, 0.25) is 5.91 Å². The molecule has 0 atom stereocenters. The number of anilines is 1. The van der Waals surface area contributed by atoms with Crippen molar-refractivity contribution in [2.75, 3.05) is 11.1 Å². The van der Waals surface area contributed by atoms with Gasteiger partial charge < -0.3 is 9.88 Å². The zero-order chi connectivity index (χ0) is 18.5. The van der Waals surface area contributed by atoms with Crippen LogP contribution in [0.5, 0.6) is 0 Å². The summed E-state index contributed by atoms with van der Waals surface area (Å²) in [5.41, 5.74) is 2.85. The van der Waals surface area contributed by atoms with Crippen molar-refractivity contribution in [3.63, 3.8) is 0 Å². The van der Waals surface area contributed by atoms with Crippen molar-refractivity contribution in [3.8, 4) is 11.4 Å². The largest absolute Gasteiger partial charge is 0.325 e. The highest BCUT2D eigenvalue weighted by Crippen LogP contribution is 2.24. The van der Waals surface area contributed by atoms with Gasteiger partial charge in [-0.05, 0) is 37.6 Å². The molecule has 2 aromatic carbocycles. The van der Waals surface area contributed by atoms with Crippen LogP contribution in [0.3, 0.4) is 0 Å². The number of amides is 1. The monoisotopic (exact) mass is 430 g/mol. The van der Waals surface area contributed by atoms with Gasteiger partial charge in [-0.3, -0.25) is 4.79 Å². The normalized spacial score (nSPS) is 10.7. The van der Waals surface area contributed by atoms with Gasteiger partial charge in [0, 0.05) is 22.3 Å². The maximum Gasteiger partial charge on any atom is 0.234 e. The van der Waals surface area contributed by atoms with Crippen molar-refractivity contribution in [2.45, 2.75) is 25.5 Å². The van der Waals surface area contributed by atoms with Crippen LogP contribution in [0.15, 0.2) is 58.2 Å². The number of aromatic nitrogens is 3. The molecular weight excluding hydrogens is 412 g/mol. The SMILES string of the molecule is CCn1c(SCC(=O)Nc2ccc(Br)cc2C)nnc1-c1ccccc1. The Balaban J connectivity index is 1.68. The number of benzene rings is 2. The summed E-state index contributed by atoms with van der Waals surface area (Å²) >= 11 is 4.82. The third-order valence-electron chi connectivity index (χ3n) is 3.86. The first kappa shape index (κ1) is 18.7. The van der Waals surface area contributed by atoms with Crippen molar-refractivity contribution in [1.82, 2.24) is 14.8 Å². The Morgan fingerprint density at radius 1 is 1.19 bits per heavy atom. The molecule has 1 aromatic heterocycles. The van der Waals surface area contributed by atoms with Crippen molar-refractivity contribution in [3.05, 3.63) is 58.6 Å². The highest BCUT2D eigenvalue weighted by molar-refractivity contribution is 9.10. The van der Waals surface area contributed by atoms with Gasteiger partial charge in [0.15, 0.2) is 11.0 Å². The molecule has 0 saturated heterocycles. The number of halogens is 1. The average molecular weight is 431 g/mol. The van der Waals surface area contributed by atoms with E-state index in [1.54, 1.807) is 0 Å². The molecule has 26 heavy (non-hydrogen) atoms. The maximum atomic E-state index is 12.3. The van der Waals surface area contributed by atoms with Crippen LogP contribution in [0.4, 0.5) is 5.69 Å². The Labute approximate surface area is 165 Å². The van der Waals surface area contributed by atoms with Crippen molar-refractivity contribution in [2.24, 2.45) is 0 Å². The van der Waals surface area contributed by atoms with Gasteiger partial charge in [0.25, 0.3) is 0 Å². The molecule has 134 valence electrons. The number of nitrogens with one attached hydrogen (secondary N) is 1. The van der Waals surface area contributed by atoms with Crippen LogP contribution in [0.1, 0.15) is 12.5 Å². The third-order valence-corrected chi connectivity index (χ3v) is 5.32. The lowest BCUT2D eigenvalue weighted by molar-refractivity contribution is -0.113. The molecule has 0 unspecified atom stereocenters. The van der Waals surface area contributed by atoms with E-state index in [0.717, 1.165) is 38.8 Å². The van der Waals surface area contributed by atoms with E-state index in [4.69, 9.17) is 0 Å². The smallest absolute Gasteiger partial charge is 0.234 e. The van der Waals surface area contributed by atoms with E-state index in [2.05, 4.69) is 31.4 Å². The average Bonchev–Trinajstić information content (AvgIpc) is 3.06. The summed E-state index contributed by atoms with van der Waals surface area (Å²) in [4.78, 5) is 12.3. The predicted molar refractivity (Wildman–Crippen MR) is 109 cm³/mol. The van der Waals surface area contributed by atoms with Crippen LogP contribution in [0, 0.1) is 6.92 Å². The van der Waals surface area contributed by atoms with E-state index in [0.29, 0.717) is 0 Å². The third kappa shape index (κ3) is 4.34. The van der Waals surface area contributed by atoms with Crippen LogP contribution >= 0.6 is 27.7 Å². The highest BCUT2D eigenvalue weighted by atomic mass is 79.9. The fraction of sp³-hybridized carbons (Fsp3) is 0.211. The quantitative estimate of drug-likeness (QED) is 0.572. The Hall–Kier alpha value is -2.12. The first-order valence-corrected chi connectivity index (χ1v) is 10.0. The molecule has 7 heteroatoms. The second-order valence-electron chi connectivity index (χ2n) is 5.71. The molecule has 0 fully saturated rings.